The maximum absolute atomic E-state index is 10.1. The zero-order valence-corrected chi connectivity index (χ0v) is 13.0. The monoisotopic (exact) mass is 382 g/mol. The molecule has 90 valence electrons. The standard InChI is InChI=1S/C5H8BrClO.C4H6BrClO/c6-4-2-1-3-5(7)8;5-3-1-2-4(6)7/h1-4H2;1-3H2. The molecule has 0 saturated heterocycles. The van der Waals surface area contributed by atoms with E-state index in [0.29, 0.717) is 12.8 Å². The first-order chi connectivity index (χ1) is 7.04. The normalized spacial score (nSPS) is 9.07. The van der Waals surface area contributed by atoms with E-state index >= 15 is 0 Å². The Morgan fingerprint density at radius 1 is 0.800 bits per heavy atom. The zero-order valence-electron chi connectivity index (χ0n) is 8.28. The van der Waals surface area contributed by atoms with E-state index in [9.17, 15) is 9.59 Å². The first-order valence-electron chi connectivity index (χ1n) is 4.53. The molecule has 0 fully saturated rings. The van der Waals surface area contributed by atoms with Gasteiger partial charge in [-0.05, 0) is 42.5 Å². The summed E-state index contributed by atoms with van der Waals surface area (Å²) in [4.78, 5) is 20.0. The molecule has 0 aromatic carbocycles. The van der Waals surface area contributed by atoms with E-state index in [2.05, 4.69) is 31.9 Å². The first kappa shape index (κ1) is 18.3. The van der Waals surface area contributed by atoms with Gasteiger partial charge in [0.1, 0.15) is 0 Å². The van der Waals surface area contributed by atoms with Gasteiger partial charge in [0.15, 0.2) is 0 Å². The van der Waals surface area contributed by atoms with Crippen molar-refractivity contribution in [3.8, 4) is 0 Å². The third kappa shape index (κ3) is 25.3. The molecule has 0 aliphatic heterocycles. The average Bonchev–Trinajstić information content (AvgIpc) is 2.15. The Morgan fingerprint density at radius 2 is 1.20 bits per heavy atom. The maximum Gasteiger partial charge on any atom is 0.221 e. The number of hydrogen-bond acceptors (Lipinski definition) is 2. The Kier molecular flexibility index (Phi) is 18.1. The van der Waals surface area contributed by atoms with Crippen molar-refractivity contribution in [2.75, 3.05) is 10.7 Å². The third-order valence-electron chi connectivity index (χ3n) is 1.26. The second-order valence-electron chi connectivity index (χ2n) is 2.65. The van der Waals surface area contributed by atoms with Crippen molar-refractivity contribution in [2.45, 2.75) is 32.1 Å². The van der Waals surface area contributed by atoms with Crippen molar-refractivity contribution in [2.24, 2.45) is 0 Å². The van der Waals surface area contributed by atoms with E-state index in [1.165, 1.54) is 0 Å². The lowest BCUT2D eigenvalue weighted by Gasteiger charge is -1.88. The SMILES string of the molecule is O=C(Cl)CCCBr.O=C(Cl)CCCCBr. The van der Waals surface area contributed by atoms with Gasteiger partial charge >= 0.3 is 0 Å². The molecule has 0 N–H and O–H groups in total. The summed E-state index contributed by atoms with van der Waals surface area (Å²) in [5, 5.41) is 1.33. The lowest BCUT2D eigenvalue weighted by Crippen LogP contribution is -1.85. The quantitative estimate of drug-likeness (QED) is 0.373. The van der Waals surface area contributed by atoms with Gasteiger partial charge in [0, 0.05) is 23.5 Å². The first-order valence-corrected chi connectivity index (χ1v) is 7.53. The average molecular weight is 385 g/mol. The lowest BCUT2D eigenvalue weighted by atomic mass is 10.3. The summed E-state index contributed by atoms with van der Waals surface area (Å²) in [6, 6.07) is 0. The Labute approximate surface area is 117 Å². The second-order valence-corrected chi connectivity index (χ2v) is 5.08. The predicted octanol–water partition coefficient (Wildman–Crippen LogP) is 4.24. The molecule has 0 aliphatic rings. The van der Waals surface area contributed by atoms with Crippen LogP contribution in [-0.4, -0.2) is 21.1 Å². The van der Waals surface area contributed by atoms with Crippen LogP contribution in [-0.2, 0) is 9.59 Å². The molecule has 0 radical (unpaired) electrons. The summed E-state index contributed by atoms with van der Waals surface area (Å²) >= 11 is 16.5. The number of carbonyl (C=O) groups is 2. The Hall–Kier alpha value is 0.880. The fraction of sp³-hybridized carbons (Fsp3) is 0.778. The van der Waals surface area contributed by atoms with Crippen molar-refractivity contribution in [3.63, 3.8) is 0 Å². The smallest absolute Gasteiger partial charge is 0.221 e. The van der Waals surface area contributed by atoms with E-state index in [1.54, 1.807) is 0 Å². The van der Waals surface area contributed by atoms with E-state index < -0.39 is 0 Å². The maximum atomic E-state index is 10.1. The van der Waals surface area contributed by atoms with Crippen LogP contribution in [0.15, 0.2) is 0 Å². The summed E-state index contributed by atoms with van der Waals surface area (Å²) in [7, 11) is 0. The predicted molar refractivity (Wildman–Crippen MR) is 72.4 cm³/mol. The van der Waals surface area contributed by atoms with Crippen LogP contribution in [0.5, 0.6) is 0 Å². The van der Waals surface area contributed by atoms with Gasteiger partial charge in [-0.1, -0.05) is 31.9 Å². The Bertz CT molecular complexity index is 177. The summed E-state index contributed by atoms with van der Waals surface area (Å²) < 4.78 is 0. The molecule has 2 nitrogen and oxygen atoms in total. The van der Waals surface area contributed by atoms with Crippen molar-refractivity contribution in [1.29, 1.82) is 0 Å². The molecule has 15 heavy (non-hydrogen) atoms. The second kappa shape index (κ2) is 14.9. The highest BCUT2D eigenvalue weighted by molar-refractivity contribution is 9.09. The summed E-state index contributed by atoms with van der Waals surface area (Å²) in [5.41, 5.74) is 0. The Balaban J connectivity index is 0. The van der Waals surface area contributed by atoms with Crippen LogP contribution in [0.25, 0.3) is 0 Å². The van der Waals surface area contributed by atoms with Crippen molar-refractivity contribution in [3.05, 3.63) is 0 Å². The molecule has 0 unspecified atom stereocenters. The van der Waals surface area contributed by atoms with E-state index in [4.69, 9.17) is 23.2 Å². The molecule has 0 spiro atoms. The van der Waals surface area contributed by atoms with Gasteiger partial charge in [0.05, 0.1) is 0 Å². The van der Waals surface area contributed by atoms with Gasteiger partial charge < -0.3 is 0 Å². The number of rotatable bonds is 7. The van der Waals surface area contributed by atoms with Crippen molar-refractivity contribution >= 4 is 65.5 Å². The molecule has 0 atom stereocenters. The van der Waals surface area contributed by atoms with E-state index in [-0.39, 0.29) is 10.5 Å². The minimum Gasteiger partial charge on any atom is -0.281 e. The fourth-order valence-electron chi connectivity index (χ4n) is 0.564. The highest BCUT2D eigenvalue weighted by Gasteiger charge is 1.92. The van der Waals surface area contributed by atoms with Crippen molar-refractivity contribution in [1.82, 2.24) is 0 Å². The molecular formula is C9H14Br2Cl2O2. The molecular weight excluding hydrogens is 371 g/mol. The highest BCUT2D eigenvalue weighted by Crippen LogP contribution is 2.00. The molecule has 0 aromatic rings. The van der Waals surface area contributed by atoms with Gasteiger partial charge in [0.25, 0.3) is 0 Å². The molecule has 0 heterocycles. The minimum absolute atomic E-state index is 0.231. The molecule has 0 amide bonds. The van der Waals surface area contributed by atoms with Crippen LogP contribution in [0, 0.1) is 0 Å². The molecule has 6 heteroatoms. The molecule has 0 aliphatic carbocycles. The summed E-state index contributed by atoms with van der Waals surface area (Å²) in [5.74, 6) is 0. The summed E-state index contributed by atoms with van der Waals surface area (Å²) in [6.45, 7) is 0. The van der Waals surface area contributed by atoms with Crippen LogP contribution < -0.4 is 0 Å². The molecule has 0 rings (SSSR count). The van der Waals surface area contributed by atoms with Crippen LogP contribution >= 0.6 is 55.1 Å². The number of carbonyl (C=O) groups excluding carboxylic acids is 2. The molecule has 0 aromatic heterocycles. The van der Waals surface area contributed by atoms with E-state index in [0.717, 1.165) is 29.9 Å². The number of alkyl halides is 2. The van der Waals surface area contributed by atoms with Gasteiger partial charge in [-0.25, -0.2) is 0 Å². The van der Waals surface area contributed by atoms with Crippen LogP contribution in [0.3, 0.4) is 0 Å². The zero-order chi connectivity index (χ0) is 12.1. The summed E-state index contributed by atoms with van der Waals surface area (Å²) in [6.07, 6.45) is 3.74. The van der Waals surface area contributed by atoms with Gasteiger partial charge in [-0.15, -0.1) is 0 Å². The van der Waals surface area contributed by atoms with Gasteiger partial charge in [-0.2, -0.15) is 0 Å². The number of hydrogen-bond donors (Lipinski definition) is 0. The minimum atomic E-state index is -0.251. The highest BCUT2D eigenvalue weighted by atomic mass is 79.9. The largest absolute Gasteiger partial charge is 0.281 e. The number of unbranched alkanes of at least 4 members (excludes halogenated alkanes) is 1. The topological polar surface area (TPSA) is 34.1 Å². The van der Waals surface area contributed by atoms with E-state index in [1.807, 2.05) is 0 Å². The molecule has 0 saturated carbocycles. The Morgan fingerprint density at radius 3 is 1.47 bits per heavy atom. The van der Waals surface area contributed by atoms with Crippen molar-refractivity contribution < 1.29 is 9.59 Å². The third-order valence-corrected chi connectivity index (χ3v) is 2.76. The lowest BCUT2D eigenvalue weighted by molar-refractivity contribution is -0.112. The van der Waals surface area contributed by atoms with Gasteiger partial charge in [0.2, 0.25) is 10.5 Å². The molecule has 0 bridgehead atoms. The van der Waals surface area contributed by atoms with Crippen LogP contribution in [0.4, 0.5) is 0 Å². The van der Waals surface area contributed by atoms with Gasteiger partial charge in [-0.3, -0.25) is 9.59 Å². The van der Waals surface area contributed by atoms with Crippen LogP contribution in [0.1, 0.15) is 32.1 Å². The van der Waals surface area contributed by atoms with Crippen LogP contribution in [0.2, 0.25) is 0 Å². The fourth-order valence-corrected chi connectivity index (χ4v) is 1.51. The number of halogens is 4.